The molecule has 12 heteroatoms. The van der Waals surface area contributed by atoms with Gasteiger partial charge in [-0.2, -0.15) is 0 Å². The topological polar surface area (TPSA) is 112 Å². The lowest BCUT2D eigenvalue weighted by molar-refractivity contribution is -0.151. The Labute approximate surface area is 514 Å². The van der Waals surface area contributed by atoms with Crippen molar-refractivity contribution in [3.8, 4) is 0 Å². The smallest absolute Gasteiger partial charge is 0.306 e. The Morgan fingerprint density at radius 1 is 0.354 bits per heavy atom. The van der Waals surface area contributed by atoms with Crippen molar-refractivity contribution in [3.63, 3.8) is 0 Å². The van der Waals surface area contributed by atoms with Crippen LogP contribution in [-0.2, 0) is 38.1 Å². The van der Waals surface area contributed by atoms with Gasteiger partial charge in [0.25, 0.3) is 0 Å². The number of piperidine rings is 2. The second kappa shape index (κ2) is 57.3. The molecule has 2 aliphatic rings. The normalized spacial score (nSPS) is 14.8. The molecular weight excluding hydrogens is 1060 g/mol. The summed E-state index contributed by atoms with van der Waals surface area (Å²) < 4.78 is 23.3. The third-order valence-corrected chi connectivity index (χ3v) is 20.1. The standard InChI is InChI=1S/C70H132N2O8S2/c1-5-9-13-17-23-31-39-65(40-32-24-18-14-10-6-2)79-69(75)45-37-29-21-27-35-43-67(73)77-59-51-63-47-53-71(54-48-63)57-61-81-82-62-58-72-55-49-64(50-56-72)52-60-78-68(74)44-36-28-22-30-38-46-70(76)80-66(41-33-25-19-15-11-7-3)42-34-26-20-16-12-8-4/h63-66H,5-62H2,1-4H3. The predicted octanol–water partition coefficient (Wildman–Crippen LogP) is 19.9. The van der Waals surface area contributed by atoms with Gasteiger partial charge >= 0.3 is 23.9 Å². The summed E-state index contributed by atoms with van der Waals surface area (Å²) in [5.74, 6) is 3.49. The van der Waals surface area contributed by atoms with E-state index < -0.39 is 0 Å². The van der Waals surface area contributed by atoms with E-state index in [2.05, 4.69) is 37.5 Å². The largest absolute Gasteiger partial charge is 0.466 e. The minimum atomic E-state index is -0.0561. The van der Waals surface area contributed by atoms with Gasteiger partial charge < -0.3 is 28.7 Å². The van der Waals surface area contributed by atoms with E-state index in [0.29, 0.717) is 50.7 Å². The molecule has 0 aromatic carbocycles. The highest BCUT2D eigenvalue weighted by Gasteiger charge is 2.22. The van der Waals surface area contributed by atoms with Gasteiger partial charge in [0.1, 0.15) is 12.2 Å². The van der Waals surface area contributed by atoms with Crippen molar-refractivity contribution in [2.75, 3.05) is 64.0 Å². The second-order valence-electron chi connectivity index (χ2n) is 25.2. The van der Waals surface area contributed by atoms with Crippen LogP contribution in [0.25, 0.3) is 0 Å². The van der Waals surface area contributed by atoms with E-state index >= 15 is 0 Å². The van der Waals surface area contributed by atoms with Crippen LogP contribution in [0.4, 0.5) is 0 Å². The predicted molar refractivity (Wildman–Crippen MR) is 351 cm³/mol. The third-order valence-electron chi connectivity index (χ3n) is 17.7. The first-order valence-electron chi connectivity index (χ1n) is 35.6. The molecule has 2 heterocycles. The quantitative estimate of drug-likeness (QED) is 0.0250. The van der Waals surface area contributed by atoms with Crippen LogP contribution in [0.15, 0.2) is 0 Å². The average Bonchev–Trinajstić information content (AvgIpc) is 3.47. The molecule has 0 saturated carbocycles. The molecule has 0 amide bonds. The molecule has 0 aliphatic carbocycles. The van der Waals surface area contributed by atoms with Gasteiger partial charge in [0.2, 0.25) is 0 Å². The highest BCUT2D eigenvalue weighted by atomic mass is 33.1. The first-order valence-corrected chi connectivity index (χ1v) is 38.1. The van der Waals surface area contributed by atoms with Gasteiger partial charge in [-0.3, -0.25) is 19.2 Å². The summed E-state index contributed by atoms with van der Waals surface area (Å²) in [6.07, 6.45) is 53.1. The van der Waals surface area contributed by atoms with Crippen LogP contribution in [0.3, 0.4) is 0 Å². The van der Waals surface area contributed by atoms with Crippen LogP contribution in [0, 0.1) is 11.8 Å². The first-order chi connectivity index (χ1) is 40.3. The van der Waals surface area contributed by atoms with Crippen LogP contribution >= 0.6 is 21.6 Å². The van der Waals surface area contributed by atoms with Gasteiger partial charge in [-0.25, -0.2) is 0 Å². The maximum absolute atomic E-state index is 12.7. The molecule has 2 rings (SSSR count). The van der Waals surface area contributed by atoms with Crippen LogP contribution in [-0.4, -0.2) is 110 Å². The Kier molecular flexibility index (Phi) is 53.5. The molecule has 2 fully saturated rings. The first kappa shape index (κ1) is 76.6. The minimum absolute atomic E-state index is 0.0159. The number of ether oxygens (including phenoxy) is 4. The van der Waals surface area contributed by atoms with Crippen LogP contribution < -0.4 is 0 Å². The van der Waals surface area contributed by atoms with E-state index in [-0.39, 0.29) is 36.1 Å². The van der Waals surface area contributed by atoms with Gasteiger partial charge in [0.05, 0.1) is 13.2 Å². The zero-order chi connectivity index (χ0) is 59.0. The highest BCUT2D eigenvalue weighted by molar-refractivity contribution is 8.76. The van der Waals surface area contributed by atoms with Crippen molar-refractivity contribution >= 4 is 45.5 Å². The summed E-state index contributed by atoms with van der Waals surface area (Å²) in [5, 5.41) is 0. The summed E-state index contributed by atoms with van der Waals surface area (Å²) in [6.45, 7) is 17.0. The number of carbonyl (C=O) groups is 4. The zero-order valence-corrected chi connectivity index (χ0v) is 55.9. The maximum atomic E-state index is 12.7. The van der Waals surface area contributed by atoms with E-state index in [4.69, 9.17) is 18.9 Å². The Morgan fingerprint density at radius 2 is 0.610 bits per heavy atom. The van der Waals surface area contributed by atoms with Gasteiger partial charge in [-0.1, -0.05) is 216 Å². The number of hydrogen-bond donors (Lipinski definition) is 0. The lowest BCUT2D eigenvalue weighted by Crippen LogP contribution is -2.36. The molecule has 0 N–H and O–H groups in total. The van der Waals surface area contributed by atoms with Crippen LogP contribution in [0.1, 0.15) is 336 Å². The van der Waals surface area contributed by atoms with Gasteiger partial charge in [0, 0.05) is 50.3 Å². The molecule has 482 valence electrons. The number of carbonyl (C=O) groups excluding carboxylic acids is 4. The van der Waals surface area contributed by atoms with E-state index in [1.807, 2.05) is 21.6 Å². The van der Waals surface area contributed by atoms with Gasteiger partial charge in [-0.15, -0.1) is 0 Å². The number of likely N-dealkylation sites (tertiary alicyclic amines) is 2. The highest BCUT2D eigenvalue weighted by Crippen LogP contribution is 2.27. The molecule has 2 aliphatic heterocycles. The van der Waals surface area contributed by atoms with Gasteiger partial charge in [-0.05, 0) is 154 Å². The maximum Gasteiger partial charge on any atom is 0.306 e. The fraction of sp³-hybridized carbons (Fsp3) is 0.943. The average molecular weight is 1190 g/mol. The summed E-state index contributed by atoms with van der Waals surface area (Å²) in [7, 11) is 4.03. The van der Waals surface area contributed by atoms with Crippen LogP contribution in [0.2, 0.25) is 0 Å². The second-order valence-corrected chi connectivity index (χ2v) is 27.9. The Bertz CT molecular complexity index is 1320. The van der Waals surface area contributed by atoms with Crippen LogP contribution in [0.5, 0.6) is 0 Å². The molecule has 0 aromatic heterocycles. The Hall–Kier alpha value is -1.50. The number of hydrogen-bond acceptors (Lipinski definition) is 12. The fourth-order valence-electron chi connectivity index (χ4n) is 12.0. The lowest BCUT2D eigenvalue weighted by atomic mass is 9.94. The molecule has 0 spiro atoms. The van der Waals surface area contributed by atoms with Crippen molar-refractivity contribution in [2.24, 2.45) is 11.8 Å². The Balaban J connectivity index is 1.38. The molecule has 0 radical (unpaired) electrons. The summed E-state index contributed by atoms with van der Waals surface area (Å²) >= 11 is 0. The molecular formula is C70H132N2O8S2. The lowest BCUT2D eigenvalue weighted by Gasteiger charge is -2.32. The number of nitrogens with zero attached hydrogens (tertiary/aromatic N) is 2. The van der Waals surface area contributed by atoms with Crippen molar-refractivity contribution < 1.29 is 38.1 Å². The molecule has 10 nitrogen and oxygen atoms in total. The molecule has 0 unspecified atom stereocenters. The summed E-state index contributed by atoms with van der Waals surface area (Å²) in [6, 6.07) is 0. The zero-order valence-electron chi connectivity index (χ0n) is 54.3. The van der Waals surface area contributed by atoms with E-state index in [1.54, 1.807) is 0 Å². The van der Waals surface area contributed by atoms with E-state index in [9.17, 15) is 19.2 Å². The van der Waals surface area contributed by atoms with Crippen molar-refractivity contribution in [3.05, 3.63) is 0 Å². The Morgan fingerprint density at radius 3 is 0.902 bits per heavy atom. The third kappa shape index (κ3) is 47.6. The SMILES string of the molecule is CCCCCCCCC(CCCCCCCC)OC(=O)CCCCCCCC(=O)OCCC1CCN(CCSSCCN2CCC(CCOC(=O)CCCCCCCC(=O)OC(CCCCCCCC)CCCCCCCC)CC2)CC1. The molecule has 0 aromatic rings. The molecule has 2 saturated heterocycles. The van der Waals surface area contributed by atoms with Crippen molar-refractivity contribution in [1.82, 2.24) is 9.80 Å². The molecule has 0 bridgehead atoms. The summed E-state index contributed by atoms with van der Waals surface area (Å²) in [4.78, 5) is 55.6. The fourth-order valence-corrected chi connectivity index (χ4v) is 14.1. The van der Waals surface area contributed by atoms with E-state index in [0.717, 1.165) is 154 Å². The number of unbranched alkanes of at least 4 members (excludes halogenated alkanes) is 28. The number of esters is 4. The molecule has 82 heavy (non-hydrogen) atoms. The number of rotatable bonds is 59. The monoisotopic (exact) mass is 1190 g/mol. The van der Waals surface area contributed by atoms with Crippen molar-refractivity contribution in [2.45, 2.75) is 348 Å². The molecule has 0 atom stereocenters. The summed E-state index contributed by atoms with van der Waals surface area (Å²) in [5.41, 5.74) is 0. The van der Waals surface area contributed by atoms with Gasteiger partial charge in [0.15, 0.2) is 0 Å². The minimum Gasteiger partial charge on any atom is -0.466 e. The van der Waals surface area contributed by atoms with E-state index in [1.165, 1.54) is 180 Å². The van der Waals surface area contributed by atoms with Crippen molar-refractivity contribution in [1.29, 1.82) is 0 Å².